The number of nitriles is 2. The molecule has 0 aromatic carbocycles. The van der Waals surface area contributed by atoms with Crippen LogP contribution in [-0.4, -0.2) is 210 Å². The van der Waals surface area contributed by atoms with E-state index < -0.39 is 47.2 Å². The lowest BCUT2D eigenvalue weighted by atomic mass is 9.95. The van der Waals surface area contributed by atoms with E-state index in [0.29, 0.717) is 39.3 Å². The Morgan fingerprint density at radius 2 is 1.08 bits per heavy atom. The van der Waals surface area contributed by atoms with Gasteiger partial charge in [-0.15, -0.1) is 0 Å². The van der Waals surface area contributed by atoms with Crippen molar-refractivity contribution >= 4 is 11.8 Å². The Bertz CT molecular complexity index is 1780. The topological polar surface area (TPSA) is 233 Å². The maximum absolute atomic E-state index is 12.5. The van der Waals surface area contributed by atoms with Gasteiger partial charge in [0.2, 0.25) is 23.4 Å². The second-order valence-corrected chi connectivity index (χ2v) is 20.6. The van der Waals surface area contributed by atoms with Crippen LogP contribution in [0.25, 0.3) is 0 Å². The standard InChI is InChI=1S/C24H38N4O6.C21H34N4O6/c1-22(2)31-18-14-30-24(21(20(18)32-22)33-23(3,4)34-24)15-27-10-7-16(8-11-27)26-13-19(29)28-9-5-6-17(28)12-25;1-20(2)30-19-18(28)16(26)12-29-21(19,31-20)13-24-8-5-14(6-9-24)23-11-17(27)25-7-3-4-15(25)10-22/h16-18,20-21,26H,5-11,13-15H2,1-4H3;14-16,18-19,23,26,28H,3-9,11-13H2,1-2H3/t17-,18+,20+,21-,24-;15-,16+,18+,19-,21-/m00/s1. The van der Waals surface area contributed by atoms with Gasteiger partial charge < -0.3 is 68.5 Å². The molecule has 20 heteroatoms. The summed E-state index contributed by atoms with van der Waals surface area (Å²) in [5.41, 5.74) is 0. The van der Waals surface area contributed by atoms with Gasteiger partial charge in [0.25, 0.3) is 0 Å². The maximum atomic E-state index is 12.5. The Kier molecular flexibility index (Phi) is 14.6. The Morgan fingerprint density at radius 3 is 1.57 bits per heavy atom. The molecule has 20 nitrogen and oxygen atoms in total. The third-order valence-electron chi connectivity index (χ3n) is 14.3. The Morgan fingerprint density at radius 1 is 0.615 bits per heavy atom. The molecule has 364 valence electrons. The van der Waals surface area contributed by atoms with Crippen molar-refractivity contribution in [3.8, 4) is 12.1 Å². The lowest BCUT2D eigenvalue weighted by Gasteiger charge is -2.44. The van der Waals surface area contributed by atoms with Gasteiger partial charge in [-0.25, -0.2) is 0 Å². The highest BCUT2D eigenvalue weighted by molar-refractivity contribution is 5.79. The van der Waals surface area contributed by atoms with Crippen LogP contribution in [0, 0.1) is 22.7 Å². The summed E-state index contributed by atoms with van der Waals surface area (Å²) in [7, 11) is 0. The fourth-order valence-corrected chi connectivity index (χ4v) is 11.3. The average molecular weight is 917 g/mol. The smallest absolute Gasteiger partial charge is 0.237 e. The van der Waals surface area contributed by atoms with Crippen molar-refractivity contribution in [1.29, 1.82) is 10.5 Å². The molecule has 10 atom stereocenters. The molecule has 0 aliphatic carbocycles. The molecule has 65 heavy (non-hydrogen) atoms. The first-order valence-electron chi connectivity index (χ1n) is 23.9. The van der Waals surface area contributed by atoms with Crippen LogP contribution in [0.4, 0.5) is 0 Å². The summed E-state index contributed by atoms with van der Waals surface area (Å²) >= 11 is 0. The molecule has 4 N–H and O–H groups in total. The van der Waals surface area contributed by atoms with Gasteiger partial charge in [-0.1, -0.05) is 0 Å². The molecule has 9 saturated heterocycles. The van der Waals surface area contributed by atoms with E-state index in [2.05, 4.69) is 32.6 Å². The van der Waals surface area contributed by atoms with Crippen LogP contribution >= 0.6 is 0 Å². The summed E-state index contributed by atoms with van der Waals surface area (Å²) in [6, 6.07) is 4.40. The predicted molar refractivity (Wildman–Crippen MR) is 229 cm³/mol. The third-order valence-corrected chi connectivity index (χ3v) is 14.3. The van der Waals surface area contributed by atoms with Crippen molar-refractivity contribution in [2.75, 3.05) is 78.7 Å². The number of aliphatic hydroxyl groups excluding tert-OH is 2. The van der Waals surface area contributed by atoms with E-state index in [4.69, 9.17) is 43.2 Å². The molecule has 0 saturated carbocycles. The number of carbonyl (C=O) groups excluding carboxylic acids is 2. The zero-order valence-electron chi connectivity index (χ0n) is 39.1. The van der Waals surface area contributed by atoms with E-state index in [9.17, 15) is 25.1 Å². The first-order valence-corrected chi connectivity index (χ1v) is 23.9. The van der Waals surface area contributed by atoms with Crippen molar-refractivity contribution in [2.45, 2.75) is 183 Å². The second kappa shape index (κ2) is 19.4. The van der Waals surface area contributed by atoms with Crippen LogP contribution in [0.3, 0.4) is 0 Å². The van der Waals surface area contributed by atoms with Crippen LogP contribution in [-0.2, 0) is 47.5 Å². The molecule has 0 spiro atoms. The summed E-state index contributed by atoms with van der Waals surface area (Å²) in [5.74, 6) is -4.34. The minimum atomic E-state index is -1.11. The number of piperidine rings is 2. The second-order valence-electron chi connectivity index (χ2n) is 20.6. The highest BCUT2D eigenvalue weighted by atomic mass is 16.9. The molecule has 9 aliphatic heterocycles. The number of nitrogens with one attached hydrogen (secondary N) is 2. The summed E-state index contributed by atoms with van der Waals surface area (Å²) < 4.78 is 49.1. The summed E-state index contributed by atoms with van der Waals surface area (Å²) in [5, 5.41) is 45.6. The van der Waals surface area contributed by atoms with Crippen LogP contribution in [0.15, 0.2) is 0 Å². The van der Waals surface area contributed by atoms with Crippen molar-refractivity contribution in [1.82, 2.24) is 30.2 Å². The minimum Gasteiger partial charge on any atom is -0.388 e. The van der Waals surface area contributed by atoms with Gasteiger partial charge in [0.05, 0.1) is 51.5 Å². The molecular formula is C45H72N8O12. The lowest BCUT2D eigenvalue weighted by molar-refractivity contribution is -0.297. The largest absolute Gasteiger partial charge is 0.388 e. The minimum absolute atomic E-state index is 0.00255. The average Bonchev–Trinajstić information content (AvgIpc) is 4.10. The molecule has 0 bridgehead atoms. The normalized spacial score (nSPS) is 39.2. The first kappa shape index (κ1) is 48.8. The van der Waals surface area contributed by atoms with E-state index >= 15 is 0 Å². The SMILES string of the molecule is CC1(C)O[C@@H]2[C@@H](CO[C@@]3(CN4CCC(NCC(=O)N5CCC[C@H]5C#N)CC4)OC(C)(C)O[C@@H]23)O1.CC1(C)O[C@H]2[C@H](O)[C@H](O)CO[C@@]2(CN2CCC(NCC(=O)N3CCC[C@H]3C#N)CC2)O1. The van der Waals surface area contributed by atoms with E-state index in [1.165, 1.54) is 0 Å². The molecule has 0 unspecified atom stereocenters. The van der Waals surface area contributed by atoms with E-state index in [0.717, 1.165) is 77.5 Å². The molecule has 0 aromatic heterocycles. The van der Waals surface area contributed by atoms with Crippen molar-refractivity contribution in [3.05, 3.63) is 0 Å². The number of hydrogen-bond acceptors (Lipinski definition) is 18. The molecule has 9 fully saturated rings. The Hall–Kier alpha value is -2.64. The number of nitrogens with zero attached hydrogens (tertiary/aromatic N) is 6. The molecule has 0 radical (unpaired) electrons. The summed E-state index contributed by atoms with van der Waals surface area (Å²) in [6.07, 6.45) is 3.33. The first-order chi connectivity index (χ1) is 30.8. The number of aliphatic hydroxyl groups is 2. The zero-order chi connectivity index (χ0) is 46.4. The summed E-state index contributed by atoms with van der Waals surface area (Å²) in [6.45, 7) is 17.9. The lowest BCUT2D eigenvalue weighted by Crippen LogP contribution is -2.64. The number of amides is 2. The van der Waals surface area contributed by atoms with Crippen LogP contribution in [0.2, 0.25) is 0 Å². The Labute approximate surface area is 382 Å². The third kappa shape index (κ3) is 10.8. The number of fused-ring (bicyclic) bond motifs is 4. The highest BCUT2D eigenvalue weighted by Gasteiger charge is 2.66. The van der Waals surface area contributed by atoms with Crippen molar-refractivity contribution in [2.24, 2.45) is 0 Å². The van der Waals surface area contributed by atoms with Gasteiger partial charge in [0.1, 0.15) is 48.7 Å². The predicted octanol–water partition coefficient (Wildman–Crippen LogP) is 0.108. The number of ether oxygens (including phenoxy) is 8. The summed E-state index contributed by atoms with van der Waals surface area (Å²) in [4.78, 5) is 32.9. The molecule has 9 aliphatic rings. The zero-order valence-corrected chi connectivity index (χ0v) is 39.1. The van der Waals surface area contributed by atoms with Gasteiger partial charge >= 0.3 is 0 Å². The molecule has 9 heterocycles. The van der Waals surface area contributed by atoms with E-state index in [1.54, 1.807) is 23.6 Å². The van der Waals surface area contributed by atoms with Gasteiger partial charge in [0, 0.05) is 25.2 Å². The number of rotatable bonds is 10. The molecular weight excluding hydrogens is 845 g/mol. The number of hydrogen-bond donors (Lipinski definition) is 4. The monoisotopic (exact) mass is 917 g/mol. The Balaban J connectivity index is 0.000000178. The number of carbonyl (C=O) groups is 2. The van der Waals surface area contributed by atoms with Crippen LogP contribution in [0.1, 0.15) is 92.9 Å². The van der Waals surface area contributed by atoms with Crippen molar-refractivity contribution < 1.29 is 57.7 Å². The van der Waals surface area contributed by atoms with Crippen molar-refractivity contribution in [3.63, 3.8) is 0 Å². The van der Waals surface area contributed by atoms with Gasteiger partial charge in [-0.3, -0.25) is 19.4 Å². The van der Waals surface area contributed by atoms with Gasteiger partial charge in [0.15, 0.2) is 17.4 Å². The van der Waals surface area contributed by atoms with Crippen LogP contribution < -0.4 is 10.6 Å². The fraction of sp³-hybridized carbons (Fsp3) is 0.911. The highest BCUT2D eigenvalue weighted by Crippen LogP contribution is 2.48. The molecule has 9 rings (SSSR count). The molecule has 2 amide bonds. The van der Waals surface area contributed by atoms with Gasteiger partial charge in [-0.05, 0) is 119 Å². The fourth-order valence-electron chi connectivity index (χ4n) is 11.3. The van der Waals surface area contributed by atoms with E-state index in [1.807, 2.05) is 27.7 Å². The van der Waals surface area contributed by atoms with Crippen LogP contribution in [0.5, 0.6) is 0 Å². The van der Waals surface area contributed by atoms with E-state index in [-0.39, 0.29) is 67.4 Å². The van der Waals surface area contributed by atoms with Gasteiger partial charge in [-0.2, -0.15) is 10.5 Å². The maximum Gasteiger partial charge on any atom is 0.237 e. The quantitative estimate of drug-likeness (QED) is 0.228. The number of likely N-dealkylation sites (tertiary alicyclic amines) is 4. The molecule has 0 aromatic rings.